The molecule has 0 saturated heterocycles. The van der Waals surface area contributed by atoms with E-state index < -0.39 is 5.41 Å². The third-order valence-electron chi connectivity index (χ3n) is 4.22. The van der Waals surface area contributed by atoms with Gasteiger partial charge in [0.1, 0.15) is 0 Å². The van der Waals surface area contributed by atoms with Crippen molar-refractivity contribution in [3.8, 4) is 0 Å². The molecule has 7 heteroatoms. The van der Waals surface area contributed by atoms with Crippen LogP contribution in [0.4, 0.5) is 0 Å². The number of rotatable bonds is 5. The first-order chi connectivity index (χ1) is 11.2. The number of nitrogens with one attached hydrogen (secondary N) is 2. The van der Waals surface area contributed by atoms with Gasteiger partial charge in [0.05, 0.1) is 27.3 Å². The van der Waals surface area contributed by atoms with Crippen LogP contribution >= 0.6 is 23.2 Å². The van der Waals surface area contributed by atoms with Crippen molar-refractivity contribution in [1.82, 2.24) is 15.5 Å². The minimum Gasteiger partial charge on any atom is -0.397 e. The lowest BCUT2D eigenvalue weighted by molar-refractivity contribution is 0.0806. The number of halogens is 2. The van der Waals surface area contributed by atoms with Crippen LogP contribution in [-0.2, 0) is 0 Å². The quantitative estimate of drug-likeness (QED) is 0.698. The Bertz CT molecular complexity index is 715. The molecule has 0 aromatic heterocycles. The summed E-state index contributed by atoms with van der Waals surface area (Å²) >= 11 is 11.9. The molecule has 24 heavy (non-hydrogen) atoms. The van der Waals surface area contributed by atoms with Crippen LogP contribution in [0.25, 0.3) is 0 Å². The zero-order valence-corrected chi connectivity index (χ0v) is 15.7. The summed E-state index contributed by atoms with van der Waals surface area (Å²) in [5, 5.41) is 6.95. The molecule has 0 bridgehead atoms. The van der Waals surface area contributed by atoms with E-state index in [4.69, 9.17) is 28.9 Å². The van der Waals surface area contributed by atoms with Crippen LogP contribution in [0.15, 0.2) is 41.7 Å². The summed E-state index contributed by atoms with van der Waals surface area (Å²) in [6.45, 7) is 2.02. The topological polar surface area (TPSA) is 70.4 Å². The number of carbonyl (C=O) groups is 1. The summed E-state index contributed by atoms with van der Waals surface area (Å²) in [5.74, 6) is -0.234. The average molecular weight is 369 g/mol. The minimum absolute atomic E-state index is 0.234. The molecule has 2 rings (SSSR count). The van der Waals surface area contributed by atoms with Gasteiger partial charge in [0.25, 0.3) is 5.91 Å². The number of hydrogen-bond acceptors (Lipinski definition) is 4. The van der Waals surface area contributed by atoms with Crippen molar-refractivity contribution in [2.45, 2.75) is 13.1 Å². The summed E-state index contributed by atoms with van der Waals surface area (Å²) < 4.78 is 0. The first kappa shape index (κ1) is 18.6. The maximum Gasteiger partial charge on any atom is 0.252 e. The fraction of sp³-hybridized carbons (Fsp3) is 0.353. The zero-order valence-electron chi connectivity index (χ0n) is 14.2. The van der Waals surface area contributed by atoms with Crippen molar-refractivity contribution in [3.63, 3.8) is 0 Å². The molecule has 4 N–H and O–H groups in total. The molecule has 0 spiro atoms. The monoisotopic (exact) mass is 368 g/mol. The smallest absolute Gasteiger partial charge is 0.252 e. The Balaban J connectivity index is 2.31. The summed E-state index contributed by atoms with van der Waals surface area (Å²) in [4.78, 5) is 14.6. The van der Waals surface area contributed by atoms with Gasteiger partial charge in [0.15, 0.2) is 0 Å². The molecule has 0 radical (unpaired) electrons. The minimum atomic E-state index is -0.478. The van der Waals surface area contributed by atoms with Gasteiger partial charge in [-0.3, -0.25) is 9.69 Å². The summed E-state index contributed by atoms with van der Waals surface area (Å²) in [7, 11) is 5.63. The van der Waals surface area contributed by atoms with Crippen LogP contribution in [0, 0.1) is 5.41 Å². The summed E-state index contributed by atoms with van der Waals surface area (Å²) in [5.41, 5.74) is 7.55. The van der Waals surface area contributed by atoms with Crippen molar-refractivity contribution in [3.05, 3.63) is 57.4 Å². The summed E-state index contributed by atoms with van der Waals surface area (Å²) in [6, 6.07) is 4.81. The highest BCUT2D eigenvalue weighted by Gasteiger charge is 2.41. The molecule has 1 aliphatic rings. The molecule has 1 unspecified atom stereocenters. The molecule has 130 valence electrons. The SMILES string of the molecule is CNC1=C(N)C=C[C@@]1(C)C(NC(=O)c1ccc(Cl)c(Cl)c1)N(C)C. The van der Waals surface area contributed by atoms with Gasteiger partial charge < -0.3 is 16.4 Å². The second kappa shape index (κ2) is 7.05. The molecule has 1 aliphatic carbocycles. The fourth-order valence-corrected chi connectivity index (χ4v) is 3.34. The second-order valence-corrected chi connectivity index (χ2v) is 6.98. The van der Waals surface area contributed by atoms with E-state index in [1.165, 1.54) is 0 Å². The number of allylic oxidation sites excluding steroid dienone is 1. The summed E-state index contributed by atoms with van der Waals surface area (Å²) in [6.07, 6.45) is 3.54. The lowest BCUT2D eigenvalue weighted by Gasteiger charge is -2.39. The first-order valence-corrected chi connectivity index (χ1v) is 8.26. The van der Waals surface area contributed by atoms with Gasteiger partial charge in [-0.15, -0.1) is 0 Å². The van der Waals surface area contributed by atoms with Crippen molar-refractivity contribution in [2.24, 2.45) is 11.1 Å². The van der Waals surface area contributed by atoms with E-state index in [2.05, 4.69) is 10.6 Å². The Kier molecular flexibility index (Phi) is 5.48. The third kappa shape index (κ3) is 3.38. The number of hydrogen-bond donors (Lipinski definition) is 3. The average Bonchev–Trinajstić information content (AvgIpc) is 2.82. The van der Waals surface area contributed by atoms with Gasteiger partial charge in [0.2, 0.25) is 0 Å². The van der Waals surface area contributed by atoms with Gasteiger partial charge >= 0.3 is 0 Å². The van der Waals surface area contributed by atoms with Crippen LogP contribution in [-0.4, -0.2) is 38.1 Å². The molecule has 2 atom stereocenters. The maximum absolute atomic E-state index is 12.7. The Morgan fingerprint density at radius 1 is 1.29 bits per heavy atom. The van der Waals surface area contributed by atoms with E-state index >= 15 is 0 Å². The highest BCUT2D eigenvalue weighted by Crippen LogP contribution is 2.38. The molecule has 5 nitrogen and oxygen atoms in total. The normalized spacial score (nSPS) is 21.3. The van der Waals surface area contributed by atoms with Gasteiger partial charge in [-0.1, -0.05) is 29.3 Å². The predicted octanol–water partition coefficient (Wildman–Crippen LogP) is 2.58. The molecule has 1 aromatic carbocycles. The fourth-order valence-electron chi connectivity index (χ4n) is 3.04. The molecular formula is C17H22Cl2N4O. The standard InChI is InChI=1S/C17H22Cl2N4O/c1-17(8-7-13(20)14(17)21-2)16(23(3)4)22-15(24)10-5-6-11(18)12(19)9-10/h5-9,16,21H,20H2,1-4H3,(H,22,24)/t16?,17-/m1/s1. The molecule has 0 aliphatic heterocycles. The molecule has 0 heterocycles. The van der Waals surface area contributed by atoms with Crippen molar-refractivity contribution in [2.75, 3.05) is 21.1 Å². The van der Waals surface area contributed by atoms with E-state index in [9.17, 15) is 4.79 Å². The Morgan fingerprint density at radius 3 is 2.50 bits per heavy atom. The Hall–Kier alpha value is -1.69. The largest absolute Gasteiger partial charge is 0.397 e. The van der Waals surface area contributed by atoms with Crippen LogP contribution in [0.3, 0.4) is 0 Å². The van der Waals surface area contributed by atoms with E-state index in [-0.39, 0.29) is 12.1 Å². The van der Waals surface area contributed by atoms with Gasteiger partial charge in [-0.2, -0.15) is 0 Å². The maximum atomic E-state index is 12.7. The van der Waals surface area contributed by atoms with Crippen LogP contribution in [0.5, 0.6) is 0 Å². The van der Waals surface area contributed by atoms with E-state index in [0.717, 1.165) is 5.70 Å². The number of carbonyl (C=O) groups excluding carboxylic acids is 1. The second-order valence-electron chi connectivity index (χ2n) is 6.16. The van der Waals surface area contributed by atoms with Crippen molar-refractivity contribution < 1.29 is 4.79 Å². The predicted molar refractivity (Wildman–Crippen MR) is 98.9 cm³/mol. The highest BCUT2D eigenvalue weighted by atomic mass is 35.5. The number of nitrogens with two attached hydrogens (primary N) is 1. The molecule has 1 aromatic rings. The molecule has 0 saturated carbocycles. The Morgan fingerprint density at radius 2 is 1.96 bits per heavy atom. The number of nitrogens with zero attached hydrogens (tertiary/aromatic N) is 1. The molecular weight excluding hydrogens is 347 g/mol. The Labute approximate surface area is 152 Å². The number of benzene rings is 1. The molecule has 1 amide bonds. The van der Waals surface area contributed by atoms with Gasteiger partial charge in [0, 0.05) is 18.3 Å². The lowest BCUT2D eigenvalue weighted by atomic mass is 9.84. The molecule has 0 fully saturated rings. The number of amides is 1. The van der Waals surface area contributed by atoms with Crippen LogP contribution < -0.4 is 16.4 Å². The zero-order chi connectivity index (χ0) is 18.1. The highest BCUT2D eigenvalue weighted by molar-refractivity contribution is 6.42. The third-order valence-corrected chi connectivity index (χ3v) is 4.96. The van der Waals surface area contributed by atoms with Crippen LogP contribution in [0.2, 0.25) is 10.0 Å². The van der Waals surface area contributed by atoms with Crippen molar-refractivity contribution in [1.29, 1.82) is 0 Å². The van der Waals surface area contributed by atoms with Gasteiger partial charge in [-0.05, 0) is 45.3 Å². The van der Waals surface area contributed by atoms with E-state index in [0.29, 0.717) is 21.3 Å². The van der Waals surface area contributed by atoms with Crippen LogP contribution in [0.1, 0.15) is 17.3 Å². The first-order valence-electron chi connectivity index (χ1n) is 7.50. The van der Waals surface area contributed by atoms with E-state index in [1.807, 2.05) is 45.1 Å². The van der Waals surface area contributed by atoms with E-state index in [1.54, 1.807) is 18.2 Å². The van der Waals surface area contributed by atoms with Crippen molar-refractivity contribution >= 4 is 29.1 Å². The lowest BCUT2D eigenvalue weighted by Crippen LogP contribution is -2.55. The van der Waals surface area contributed by atoms with Gasteiger partial charge in [-0.25, -0.2) is 0 Å².